The predicted octanol–water partition coefficient (Wildman–Crippen LogP) is -0.929. The van der Waals surface area contributed by atoms with Crippen LogP contribution in [0.15, 0.2) is 42.5 Å². The summed E-state index contributed by atoms with van der Waals surface area (Å²) in [5.41, 5.74) is 38.6. The first kappa shape index (κ1) is 38.4. The van der Waals surface area contributed by atoms with E-state index in [1.165, 1.54) is 4.90 Å². The molecule has 4 amide bonds. The van der Waals surface area contributed by atoms with Gasteiger partial charge in [0.15, 0.2) is 0 Å². The molecule has 0 spiro atoms. The molecule has 15 N–H and O–H groups in total. The van der Waals surface area contributed by atoms with Gasteiger partial charge in [-0.25, -0.2) is 0 Å². The molecular weight excluding hydrogens is 614 g/mol. The lowest BCUT2D eigenvalue weighted by atomic mass is 9.95. The van der Waals surface area contributed by atoms with Gasteiger partial charge < -0.3 is 55.0 Å². The molecule has 14 heteroatoms. The monoisotopic (exact) mass is 667 g/mol. The maximum absolute atomic E-state index is 14.5. The second-order valence-electron chi connectivity index (χ2n) is 12.5. The molecule has 0 aromatic heterocycles. The van der Waals surface area contributed by atoms with Crippen molar-refractivity contribution in [1.82, 2.24) is 15.5 Å². The summed E-state index contributed by atoms with van der Waals surface area (Å²) >= 11 is 0. The average molecular weight is 668 g/mol. The minimum Gasteiger partial charge on any atom is -0.508 e. The molecule has 3 rings (SSSR count). The van der Waals surface area contributed by atoms with Crippen LogP contribution >= 0.6 is 0 Å². The minimum absolute atomic E-state index is 0.0368. The fourth-order valence-corrected chi connectivity index (χ4v) is 6.05. The van der Waals surface area contributed by atoms with Crippen molar-refractivity contribution in [3.05, 3.63) is 53.6 Å². The number of fused-ring (bicyclic) bond motifs is 5. The topological polar surface area (TPSA) is 272 Å². The van der Waals surface area contributed by atoms with E-state index in [4.69, 9.17) is 34.4 Å². The highest BCUT2D eigenvalue weighted by atomic mass is 16.3. The van der Waals surface area contributed by atoms with Crippen molar-refractivity contribution in [1.29, 1.82) is 0 Å². The number of amides is 4. The summed E-state index contributed by atoms with van der Waals surface area (Å²) in [6.45, 7) is 1.19. The molecule has 0 fully saturated rings. The van der Waals surface area contributed by atoms with Gasteiger partial charge in [-0.05, 0) is 92.5 Å². The lowest BCUT2D eigenvalue weighted by Crippen LogP contribution is -2.61. The lowest BCUT2D eigenvalue weighted by Gasteiger charge is -2.39. The third-order valence-electron chi connectivity index (χ3n) is 8.67. The van der Waals surface area contributed by atoms with Crippen LogP contribution < -0.4 is 45.0 Å². The Kier molecular flexibility index (Phi) is 15.2. The zero-order chi connectivity index (χ0) is 35.2. The molecule has 264 valence electrons. The first-order chi connectivity index (χ1) is 23.0. The van der Waals surface area contributed by atoms with E-state index in [2.05, 4.69) is 10.6 Å². The molecule has 5 atom stereocenters. The Labute approximate surface area is 282 Å². The molecule has 0 radical (unpaired) electrons. The highest BCUT2D eigenvalue weighted by Gasteiger charge is 2.39. The molecule has 1 aliphatic rings. The van der Waals surface area contributed by atoms with Gasteiger partial charge in [0, 0.05) is 37.9 Å². The fourth-order valence-electron chi connectivity index (χ4n) is 6.05. The van der Waals surface area contributed by atoms with E-state index in [1.807, 2.05) is 24.3 Å². The number of carbonyl (C=O) groups excluding carboxylic acids is 4. The van der Waals surface area contributed by atoms with Crippen molar-refractivity contribution in [2.24, 2.45) is 34.4 Å². The normalized spacial score (nSPS) is 19.9. The molecule has 0 saturated heterocycles. The van der Waals surface area contributed by atoms with Crippen molar-refractivity contribution >= 4 is 23.6 Å². The molecule has 1 heterocycles. The van der Waals surface area contributed by atoms with E-state index in [-0.39, 0.29) is 63.0 Å². The van der Waals surface area contributed by atoms with Gasteiger partial charge in [0.25, 0.3) is 0 Å². The molecule has 0 saturated carbocycles. The average Bonchev–Trinajstić information content (AvgIpc) is 3.06. The van der Waals surface area contributed by atoms with E-state index in [0.717, 1.165) is 16.7 Å². The Morgan fingerprint density at radius 3 is 2.33 bits per heavy atom. The van der Waals surface area contributed by atoms with Gasteiger partial charge in [-0.2, -0.15) is 0 Å². The fraction of sp³-hybridized carbons (Fsp3) is 0.529. The predicted molar refractivity (Wildman–Crippen MR) is 185 cm³/mol. The zero-order valence-corrected chi connectivity index (χ0v) is 27.6. The highest BCUT2D eigenvalue weighted by molar-refractivity contribution is 5.93. The molecule has 0 unspecified atom stereocenters. The summed E-state index contributed by atoms with van der Waals surface area (Å²) in [6.07, 6.45) is 2.47. The Morgan fingerprint density at radius 1 is 0.958 bits per heavy atom. The lowest BCUT2D eigenvalue weighted by molar-refractivity contribution is -0.146. The van der Waals surface area contributed by atoms with Crippen LogP contribution in [0.2, 0.25) is 0 Å². The Bertz CT molecular complexity index is 1390. The molecule has 14 nitrogen and oxygen atoms in total. The number of primary amides is 1. The van der Waals surface area contributed by atoms with E-state index >= 15 is 0 Å². The molecule has 2 aromatic carbocycles. The Morgan fingerprint density at radius 2 is 1.65 bits per heavy atom. The summed E-state index contributed by atoms with van der Waals surface area (Å²) in [7, 11) is 0. The number of rotatable bonds is 15. The summed E-state index contributed by atoms with van der Waals surface area (Å²) in [4.78, 5) is 56.0. The molecule has 48 heavy (non-hydrogen) atoms. The SMILES string of the molecule is NCCC[C@H](N)CNC(=O)C[C@H](CCCN)N1C(=O)[C@@H](N)Cc2cc(ccc2O)-c2cccc(c2)C[C@@H](C(N)=O)NC(=O)[C@@H]1CCCN. The number of phenolic OH excluding ortho intramolecular Hbond substituents is 1. The number of phenols is 1. The van der Waals surface area contributed by atoms with Crippen LogP contribution in [0.1, 0.15) is 56.1 Å². The first-order valence-corrected chi connectivity index (χ1v) is 16.7. The van der Waals surface area contributed by atoms with Gasteiger partial charge in [-0.3, -0.25) is 19.2 Å². The number of nitrogens with two attached hydrogens (primary N) is 6. The van der Waals surface area contributed by atoms with Crippen LogP contribution in [0.3, 0.4) is 0 Å². The Hall–Kier alpha value is -4.08. The van der Waals surface area contributed by atoms with Crippen molar-refractivity contribution in [3.8, 4) is 16.9 Å². The minimum atomic E-state index is -1.20. The van der Waals surface area contributed by atoms with Crippen molar-refractivity contribution < 1.29 is 24.3 Å². The van der Waals surface area contributed by atoms with Gasteiger partial charge in [0.05, 0.1) is 6.04 Å². The Balaban J connectivity index is 2.11. The maximum atomic E-state index is 14.5. The summed E-state index contributed by atoms with van der Waals surface area (Å²) in [5.74, 6) is -2.37. The van der Waals surface area contributed by atoms with Gasteiger partial charge >= 0.3 is 0 Å². The number of nitrogens with one attached hydrogen (secondary N) is 2. The van der Waals surface area contributed by atoms with Crippen LogP contribution in [-0.4, -0.2) is 90.0 Å². The second kappa shape index (κ2) is 19.1. The molecular formula is C34H53N9O5. The number of carbonyl (C=O) groups is 4. The second-order valence-corrected chi connectivity index (χ2v) is 12.5. The summed E-state index contributed by atoms with van der Waals surface area (Å²) in [6, 6.07) is 7.93. The van der Waals surface area contributed by atoms with Crippen molar-refractivity contribution in [2.75, 3.05) is 26.2 Å². The van der Waals surface area contributed by atoms with Gasteiger partial charge in [-0.1, -0.05) is 30.3 Å². The van der Waals surface area contributed by atoms with E-state index in [0.29, 0.717) is 44.2 Å². The number of hydrogen-bond acceptors (Lipinski definition) is 10. The van der Waals surface area contributed by atoms with Gasteiger partial charge in [0.1, 0.15) is 17.8 Å². The van der Waals surface area contributed by atoms with E-state index in [9.17, 15) is 24.3 Å². The summed E-state index contributed by atoms with van der Waals surface area (Å²) < 4.78 is 0. The van der Waals surface area contributed by atoms with Gasteiger partial charge in [-0.15, -0.1) is 0 Å². The van der Waals surface area contributed by atoms with Crippen LogP contribution in [-0.2, 0) is 32.0 Å². The number of aromatic hydroxyl groups is 1. The van der Waals surface area contributed by atoms with Crippen molar-refractivity contribution in [3.63, 3.8) is 0 Å². The third-order valence-corrected chi connectivity index (χ3v) is 8.67. The summed E-state index contributed by atoms with van der Waals surface area (Å²) in [5, 5.41) is 16.4. The van der Waals surface area contributed by atoms with Crippen LogP contribution in [0.25, 0.3) is 11.1 Å². The van der Waals surface area contributed by atoms with E-state index < -0.39 is 41.9 Å². The third kappa shape index (κ3) is 11.0. The highest BCUT2D eigenvalue weighted by Crippen LogP contribution is 2.29. The molecule has 1 aliphatic heterocycles. The maximum Gasteiger partial charge on any atom is 0.243 e. The van der Waals surface area contributed by atoms with Gasteiger partial charge in [0.2, 0.25) is 23.6 Å². The number of hydrogen-bond donors (Lipinski definition) is 9. The number of nitrogens with zero attached hydrogens (tertiary/aromatic N) is 1. The molecule has 4 bridgehead atoms. The molecule has 0 aliphatic carbocycles. The standard InChI is InChI=1S/C34H53N9O5/c35-12-2-7-25(38)20-41-31(45)19-26(8-3-13-36)43-29(9-4-14-37)33(47)42-28(32(40)46)16-21-5-1-6-22(15-21)23-10-11-30(44)24(17-23)18-27(39)34(43)48/h1,5-6,10-11,15,17,25-29,44H,2-4,7-9,12-14,16,18-20,35-39H2,(H2,40,46)(H,41,45)(H,42,47)/t25-,26-,27-,28-,29-/m0/s1. The number of benzene rings is 2. The first-order valence-electron chi connectivity index (χ1n) is 16.7. The quantitative estimate of drug-likeness (QED) is 0.113. The van der Waals surface area contributed by atoms with Crippen LogP contribution in [0.4, 0.5) is 0 Å². The van der Waals surface area contributed by atoms with Crippen LogP contribution in [0, 0.1) is 0 Å². The van der Waals surface area contributed by atoms with E-state index in [1.54, 1.807) is 18.2 Å². The van der Waals surface area contributed by atoms with Crippen molar-refractivity contribution in [2.45, 2.75) is 88.0 Å². The smallest absolute Gasteiger partial charge is 0.243 e. The van der Waals surface area contributed by atoms with Crippen LogP contribution in [0.5, 0.6) is 5.75 Å². The zero-order valence-electron chi connectivity index (χ0n) is 27.6. The molecule has 2 aromatic rings. The largest absolute Gasteiger partial charge is 0.508 e.